The van der Waals surface area contributed by atoms with Gasteiger partial charge in [0.1, 0.15) is 11.0 Å². The zero-order chi connectivity index (χ0) is 23.9. The fourth-order valence-corrected chi connectivity index (χ4v) is 4.34. The Morgan fingerprint density at radius 1 is 1.15 bits per heavy atom. The summed E-state index contributed by atoms with van der Waals surface area (Å²) in [7, 11) is 0. The normalized spacial score (nSPS) is 16.7. The molecule has 1 saturated heterocycles. The molecule has 0 spiro atoms. The van der Waals surface area contributed by atoms with Crippen LogP contribution in [0.5, 0.6) is 0 Å². The molecule has 0 atom stereocenters. The number of carbonyl (C=O) groups excluding carboxylic acids is 1. The Kier molecular flexibility index (Phi) is 6.02. The van der Waals surface area contributed by atoms with Crippen LogP contribution in [0.3, 0.4) is 0 Å². The lowest BCUT2D eigenvalue weighted by atomic mass is 9.99. The number of ether oxygens (including phenoxy) is 1. The number of piperazine rings is 1. The van der Waals surface area contributed by atoms with E-state index in [1.807, 2.05) is 12.3 Å². The summed E-state index contributed by atoms with van der Waals surface area (Å²) < 4.78 is 5.52. The average molecular weight is 481 g/mol. The van der Waals surface area contributed by atoms with Crippen molar-refractivity contribution in [1.82, 2.24) is 24.8 Å². The predicted molar refractivity (Wildman–Crippen MR) is 132 cm³/mol. The number of nitrogens with zero attached hydrogens (tertiary/aromatic N) is 6. The van der Waals surface area contributed by atoms with E-state index in [0.717, 1.165) is 35.1 Å². The molecule has 4 heterocycles. The molecule has 1 saturated carbocycles. The first kappa shape index (κ1) is 22.8. The molecule has 2 aliphatic rings. The van der Waals surface area contributed by atoms with Gasteiger partial charge in [0.2, 0.25) is 0 Å². The molecule has 1 amide bonds. The Bertz CT molecular complexity index is 1220. The Labute approximate surface area is 204 Å². The molecule has 9 heteroatoms. The van der Waals surface area contributed by atoms with E-state index in [0.29, 0.717) is 49.7 Å². The first-order valence-corrected chi connectivity index (χ1v) is 12.1. The number of aromatic nitrogens is 4. The molecule has 0 unspecified atom stereocenters. The Morgan fingerprint density at radius 2 is 1.91 bits per heavy atom. The predicted octanol–water partition coefficient (Wildman–Crippen LogP) is 4.92. The van der Waals surface area contributed by atoms with Crippen LogP contribution in [-0.2, 0) is 4.74 Å². The molecule has 0 bridgehead atoms. The van der Waals surface area contributed by atoms with Crippen molar-refractivity contribution in [3.8, 4) is 11.4 Å². The summed E-state index contributed by atoms with van der Waals surface area (Å²) in [5.74, 6) is 1.99. The highest BCUT2D eigenvalue weighted by Gasteiger charge is 2.31. The molecular formula is C25H29ClN6O2. The van der Waals surface area contributed by atoms with E-state index in [1.165, 1.54) is 5.56 Å². The fourth-order valence-electron chi connectivity index (χ4n) is 4.16. The van der Waals surface area contributed by atoms with Crippen LogP contribution in [0.1, 0.15) is 45.1 Å². The number of hydrogen-bond acceptors (Lipinski definition) is 7. The summed E-state index contributed by atoms with van der Waals surface area (Å²) in [6.45, 7) is 9.05. The van der Waals surface area contributed by atoms with Crippen LogP contribution in [0.15, 0.2) is 30.7 Å². The van der Waals surface area contributed by atoms with Gasteiger partial charge in [-0.3, -0.25) is 4.98 Å². The van der Waals surface area contributed by atoms with Crippen LogP contribution in [-0.4, -0.2) is 63.7 Å². The zero-order valence-corrected chi connectivity index (χ0v) is 20.5. The zero-order valence-electron chi connectivity index (χ0n) is 19.8. The van der Waals surface area contributed by atoms with Crippen molar-refractivity contribution in [2.75, 3.05) is 37.7 Å². The van der Waals surface area contributed by atoms with Gasteiger partial charge >= 0.3 is 6.09 Å². The van der Waals surface area contributed by atoms with E-state index in [9.17, 15) is 4.79 Å². The van der Waals surface area contributed by atoms with Gasteiger partial charge in [0.15, 0.2) is 5.82 Å². The molecule has 0 aromatic carbocycles. The Balaban J connectivity index is 1.46. The third-order valence-corrected chi connectivity index (χ3v) is 6.29. The monoisotopic (exact) mass is 480 g/mol. The number of carbonyl (C=O) groups is 1. The molecule has 5 rings (SSSR count). The first-order valence-electron chi connectivity index (χ1n) is 11.7. The van der Waals surface area contributed by atoms with Crippen LogP contribution in [0.2, 0.25) is 5.15 Å². The maximum Gasteiger partial charge on any atom is 0.409 e. The van der Waals surface area contributed by atoms with Crippen LogP contribution in [0.25, 0.3) is 22.3 Å². The molecule has 0 N–H and O–H groups in total. The topological polar surface area (TPSA) is 84.3 Å². The summed E-state index contributed by atoms with van der Waals surface area (Å²) in [5.41, 5.74) is 2.78. The smallest absolute Gasteiger partial charge is 0.409 e. The lowest BCUT2D eigenvalue weighted by Crippen LogP contribution is -2.49. The minimum Gasteiger partial charge on any atom is -0.449 e. The Morgan fingerprint density at radius 3 is 2.59 bits per heavy atom. The van der Waals surface area contributed by atoms with E-state index in [1.54, 1.807) is 23.4 Å². The van der Waals surface area contributed by atoms with Crippen LogP contribution in [0.4, 0.5) is 10.6 Å². The SMILES string of the molecule is CC(C)(C)COC(=O)N1CCN(c2nc(-c3ccnc(Cl)c3)nc3cncc(C4CC4)c23)CC1. The molecule has 2 fully saturated rings. The van der Waals surface area contributed by atoms with Gasteiger partial charge in [0.05, 0.1) is 18.3 Å². The molecule has 1 aliphatic heterocycles. The largest absolute Gasteiger partial charge is 0.449 e. The van der Waals surface area contributed by atoms with Gasteiger partial charge in [-0.1, -0.05) is 32.4 Å². The summed E-state index contributed by atoms with van der Waals surface area (Å²) in [6, 6.07) is 3.63. The summed E-state index contributed by atoms with van der Waals surface area (Å²) in [5, 5.41) is 1.46. The Hall–Kier alpha value is -3.00. The highest BCUT2D eigenvalue weighted by Crippen LogP contribution is 2.45. The first-order chi connectivity index (χ1) is 16.3. The van der Waals surface area contributed by atoms with Crippen molar-refractivity contribution >= 4 is 34.4 Å². The van der Waals surface area contributed by atoms with E-state index in [2.05, 4.69) is 35.6 Å². The maximum atomic E-state index is 12.6. The van der Waals surface area contributed by atoms with Gasteiger partial charge in [-0.15, -0.1) is 0 Å². The van der Waals surface area contributed by atoms with Crippen LogP contribution in [0, 0.1) is 5.41 Å². The van der Waals surface area contributed by atoms with Crippen molar-refractivity contribution in [3.05, 3.63) is 41.4 Å². The number of rotatable bonds is 4. The van der Waals surface area contributed by atoms with Gasteiger partial charge in [-0.25, -0.2) is 19.7 Å². The van der Waals surface area contributed by atoms with Gasteiger partial charge in [0, 0.05) is 49.5 Å². The van der Waals surface area contributed by atoms with E-state index >= 15 is 0 Å². The standard InChI is InChI=1S/C25H29ClN6O2/c1-25(2,3)15-34-24(33)32-10-8-31(9-11-32)23-21-18(16-4-5-16)13-27-14-19(21)29-22(30-23)17-6-7-28-20(26)12-17/h6-7,12-14,16H,4-5,8-11,15H2,1-3H3. The third-order valence-electron chi connectivity index (χ3n) is 6.09. The number of pyridine rings is 2. The van der Waals surface area contributed by atoms with Crippen LogP contribution >= 0.6 is 11.6 Å². The summed E-state index contributed by atoms with van der Waals surface area (Å²) in [4.78, 5) is 35.0. The molecular weight excluding hydrogens is 452 g/mol. The molecule has 0 radical (unpaired) electrons. The number of halogens is 1. The molecule has 34 heavy (non-hydrogen) atoms. The quantitative estimate of drug-likeness (QED) is 0.490. The average Bonchev–Trinajstić information content (AvgIpc) is 3.66. The van der Waals surface area contributed by atoms with Gasteiger partial charge < -0.3 is 14.5 Å². The van der Waals surface area contributed by atoms with Gasteiger partial charge in [-0.05, 0) is 41.9 Å². The minimum absolute atomic E-state index is 0.0587. The summed E-state index contributed by atoms with van der Waals surface area (Å²) >= 11 is 6.14. The highest BCUT2D eigenvalue weighted by molar-refractivity contribution is 6.29. The lowest BCUT2D eigenvalue weighted by Gasteiger charge is -2.36. The highest BCUT2D eigenvalue weighted by atomic mass is 35.5. The molecule has 3 aromatic heterocycles. The van der Waals surface area contributed by atoms with Crippen molar-refractivity contribution in [3.63, 3.8) is 0 Å². The number of fused-ring (bicyclic) bond motifs is 1. The number of hydrogen-bond donors (Lipinski definition) is 0. The lowest BCUT2D eigenvalue weighted by molar-refractivity contribution is 0.0707. The van der Waals surface area contributed by atoms with Crippen molar-refractivity contribution in [2.45, 2.75) is 39.5 Å². The van der Waals surface area contributed by atoms with Crippen molar-refractivity contribution < 1.29 is 9.53 Å². The maximum absolute atomic E-state index is 12.6. The van der Waals surface area contributed by atoms with Crippen LogP contribution < -0.4 is 4.90 Å². The van der Waals surface area contributed by atoms with E-state index in [-0.39, 0.29) is 11.5 Å². The second-order valence-electron chi connectivity index (χ2n) is 10.2. The second kappa shape index (κ2) is 8.98. The fraction of sp³-hybridized carbons (Fsp3) is 0.480. The van der Waals surface area contributed by atoms with Crippen molar-refractivity contribution in [2.24, 2.45) is 5.41 Å². The number of amides is 1. The minimum atomic E-state index is -0.253. The number of anilines is 1. The molecule has 8 nitrogen and oxygen atoms in total. The van der Waals surface area contributed by atoms with E-state index < -0.39 is 0 Å². The molecule has 1 aliphatic carbocycles. The molecule has 3 aromatic rings. The summed E-state index contributed by atoms with van der Waals surface area (Å²) in [6.07, 6.45) is 7.49. The third kappa shape index (κ3) is 4.92. The second-order valence-corrected chi connectivity index (χ2v) is 10.6. The van der Waals surface area contributed by atoms with Gasteiger partial charge in [-0.2, -0.15) is 0 Å². The van der Waals surface area contributed by atoms with Crippen molar-refractivity contribution in [1.29, 1.82) is 0 Å². The molecule has 178 valence electrons. The van der Waals surface area contributed by atoms with Gasteiger partial charge in [0.25, 0.3) is 0 Å². The van der Waals surface area contributed by atoms with E-state index in [4.69, 9.17) is 26.3 Å².